The Morgan fingerprint density at radius 3 is 1.42 bits per heavy atom. The van der Waals surface area contributed by atoms with Crippen molar-refractivity contribution in [2.45, 2.75) is 199 Å². The molecule has 0 radical (unpaired) electrons. The predicted molar refractivity (Wildman–Crippen MR) is 216 cm³/mol. The molecule has 50 heavy (non-hydrogen) atoms. The van der Waals surface area contributed by atoms with Gasteiger partial charge in [-0.15, -0.1) is 0 Å². The third kappa shape index (κ3) is 37.3. The van der Waals surface area contributed by atoms with Gasteiger partial charge in [-0.3, -0.25) is 9.35 Å². The van der Waals surface area contributed by atoms with E-state index < -0.39 is 28.0 Å². The van der Waals surface area contributed by atoms with Crippen molar-refractivity contribution in [3.63, 3.8) is 0 Å². The van der Waals surface area contributed by atoms with Crippen LogP contribution in [0.25, 0.3) is 0 Å². The highest BCUT2D eigenvalue weighted by atomic mass is 32.2. The molecule has 0 aromatic rings. The maximum absolute atomic E-state index is 12.5. The Morgan fingerprint density at radius 2 is 0.920 bits per heavy atom. The number of unbranched alkanes of at least 4 members (excludes halogenated alkanes) is 20. The van der Waals surface area contributed by atoms with Gasteiger partial charge in [-0.05, 0) is 77.0 Å². The maximum Gasteiger partial charge on any atom is 0.267 e. The fourth-order valence-corrected chi connectivity index (χ4v) is 6.54. The summed E-state index contributed by atoms with van der Waals surface area (Å²) in [4.78, 5) is 12.5. The highest BCUT2D eigenvalue weighted by Crippen LogP contribution is 2.12. The van der Waals surface area contributed by atoms with Gasteiger partial charge in [0, 0.05) is 6.42 Å². The molecule has 0 aliphatic rings. The molecule has 2 unspecified atom stereocenters. The van der Waals surface area contributed by atoms with Gasteiger partial charge in [-0.25, -0.2) is 0 Å². The van der Waals surface area contributed by atoms with Crippen molar-refractivity contribution in [3.05, 3.63) is 60.8 Å². The van der Waals surface area contributed by atoms with Crippen LogP contribution in [-0.2, 0) is 14.9 Å². The van der Waals surface area contributed by atoms with E-state index in [0.717, 1.165) is 57.8 Å². The average molecular weight is 720 g/mol. The first-order valence-electron chi connectivity index (χ1n) is 20.5. The standard InChI is InChI=1S/C43H77NO5S/c1-3-5-7-9-11-13-15-17-19-20-21-22-23-25-26-28-30-32-34-36-38-42(45)41(40-50(47,48)49)44-43(46)39-37-35-33-31-29-27-24-18-16-14-12-10-8-6-4-2/h12,14,18,22-24,28,30,36,38,41-42,45H,3-11,13,15-17,19-21,25-27,29,31-35,37,39-40H2,1-2H3,(H,44,46)(H,47,48,49)/b14-12-,23-22+,24-18-,30-28+,38-36+. The number of nitrogens with one attached hydrogen (secondary N) is 1. The number of hydrogen-bond donors (Lipinski definition) is 3. The summed E-state index contributed by atoms with van der Waals surface area (Å²) >= 11 is 0. The molecule has 2 atom stereocenters. The molecule has 3 N–H and O–H groups in total. The van der Waals surface area contributed by atoms with Gasteiger partial charge in [0.25, 0.3) is 10.1 Å². The summed E-state index contributed by atoms with van der Waals surface area (Å²) in [6.07, 6.45) is 50.6. The van der Waals surface area contributed by atoms with Crippen molar-refractivity contribution >= 4 is 16.0 Å². The third-order valence-corrected chi connectivity index (χ3v) is 9.67. The van der Waals surface area contributed by atoms with Gasteiger partial charge in [-0.1, -0.05) is 164 Å². The monoisotopic (exact) mass is 720 g/mol. The van der Waals surface area contributed by atoms with Crippen molar-refractivity contribution in [1.82, 2.24) is 5.32 Å². The van der Waals surface area contributed by atoms with Gasteiger partial charge in [0.15, 0.2) is 0 Å². The Morgan fingerprint density at radius 1 is 0.540 bits per heavy atom. The molecule has 290 valence electrons. The van der Waals surface area contributed by atoms with E-state index in [4.69, 9.17) is 0 Å². The molecule has 0 heterocycles. The van der Waals surface area contributed by atoms with Gasteiger partial charge >= 0.3 is 0 Å². The molecule has 6 nitrogen and oxygen atoms in total. The molecule has 0 saturated carbocycles. The number of amides is 1. The normalized spacial score (nSPS) is 13.9. The first-order valence-corrected chi connectivity index (χ1v) is 22.1. The largest absolute Gasteiger partial charge is 0.387 e. The highest BCUT2D eigenvalue weighted by molar-refractivity contribution is 7.85. The summed E-state index contributed by atoms with van der Waals surface area (Å²) in [6.45, 7) is 4.49. The zero-order chi connectivity index (χ0) is 36.8. The molecule has 0 fully saturated rings. The zero-order valence-corrected chi connectivity index (χ0v) is 33.1. The van der Waals surface area contributed by atoms with Crippen LogP contribution in [0.15, 0.2) is 60.8 Å². The number of carbonyl (C=O) groups is 1. The summed E-state index contributed by atoms with van der Waals surface area (Å²) in [7, 11) is -4.36. The van der Waals surface area contributed by atoms with Crippen LogP contribution in [0.4, 0.5) is 0 Å². The predicted octanol–water partition coefficient (Wildman–Crippen LogP) is 12.1. The second-order valence-corrected chi connectivity index (χ2v) is 15.4. The van der Waals surface area contributed by atoms with Crippen LogP contribution in [0.1, 0.15) is 187 Å². The minimum atomic E-state index is -4.36. The van der Waals surface area contributed by atoms with Crippen molar-refractivity contribution in [2.24, 2.45) is 0 Å². The topological polar surface area (TPSA) is 104 Å². The molecule has 0 bridgehead atoms. The lowest BCUT2D eigenvalue weighted by Gasteiger charge is -2.21. The number of allylic oxidation sites excluding steroid dienone is 9. The van der Waals surface area contributed by atoms with E-state index in [1.54, 1.807) is 6.08 Å². The van der Waals surface area contributed by atoms with Crippen molar-refractivity contribution < 1.29 is 22.9 Å². The van der Waals surface area contributed by atoms with Crippen LogP contribution in [0.2, 0.25) is 0 Å². The number of aliphatic hydroxyl groups is 1. The van der Waals surface area contributed by atoms with Crippen LogP contribution >= 0.6 is 0 Å². The fourth-order valence-electron chi connectivity index (χ4n) is 5.80. The molecule has 0 aromatic heterocycles. The highest BCUT2D eigenvalue weighted by Gasteiger charge is 2.24. The molecule has 0 aromatic carbocycles. The van der Waals surface area contributed by atoms with Crippen LogP contribution in [0, 0.1) is 0 Å². The second kappa shape index (κ2) is 36.8. The summed E-state index contributed by atoms with van der Waals surface area (Å²) in [5.41, 5.74) is 0. The number of carbonyl (C=O) groups excluding carboxylic acids is 1. The van der Waals surface area contributed by atoms with Crippen molar-refractivity contribution in [1.29, 1.82) is 0 Å². The van der Waals surface area contributed by atoms with Crippen molar-refractivity contribution in [3.8, 4) is 0 Å². The third-order valence-electron chi connectivity index (χ3n) is 8.89. The van der Waals surface area contributed by atoms with Crippen LogP contribution in [0.5, 0.6) is 0 Å². The molecular formula is C43H77NO5S. The summed E-state index contributed by atoms with van der Waals surface area (Å²) in [5, 5.41) is 13.2. The van der Waals surface area contributed by atoms with Gasteiger partial charge < -0.3 is 10.4 Å². The minimum absolute atomic E-state index is 0.266. The number of aliphatic hydroxyl groups excluding tert-OH is 1. The summed E-state index contributed by atoms with van der Waals surface area (Å²) in [5.74, 6) is -1.03. The number of hydrogen-bond acceptors (Lipinski definition) is 4. The lowest BCUT2D eigenvalue weighted by molar-refractivity contribution is -0.122. The SMILES string of the molecule is CCCCC/C=C\C/C=C\CCCCCCCC(=O)NC(CS(=O)(=O)O)C(O)/C=C/CC/C=C/CC/C=C/CCCCCCCCCCCC. The van der Waals surface area contributed by atoms with E-state index in [1.165, 1.54) is 102 Å². The van der Waals surface area contributed by atoms with Crippen LogP contribution < -0.4 is 5.32 Å². The lowest BCUT2D eigenvalue weighted by Crippen LogP contribution is -2.46. The van der Waals surface area contributed by atoms with E-state index in [9.17, 15) is 22.9 Å². The zero-order valence-electron chi connectivity index (χ0n) is 32.3. The van der Waals surface area contributed by atoms with Gasteiger partial charge in [0.05, 0.1) is 17.9 Å². The van der Waals surface area contributed by atoms with Crippen molar-refractivity contribution in [2.75, 3.05) is 5.75 Å². The molecule has 0 aliphatic carbocycles. The average Bonchev–Trinajstić information content (AvgIpc) is 3.08. The van der Waals surface area contributed by atoms with Gasteiger partial charge in [0.1, 0.15) is 0 Å². The molecule has 0 rings (SSSR count). The quantitative estimate of drug-likeness (QED) is 0.0340. The molecule has 0 spiro atoms. The smallest absolute Gasteiger partial charge is 0.267 e. The Labute approximate surface area is 309 Å². The van der Waals surface area contributed by atoms with Crippen LogP contribution in [0.3, 0.4) is 0 Å². The van der Waals surface area contributed by atoms with Crippen LogP contribution in [-0.4, -0.2) is 41.9 Å². The van der Waals surface area contributed by atoms with E-state index in [0.29, 0.717) is 12.8 Å². The van der Waals surface area contributed by atoms with E-state index in [1.807, 2.05) is 0 Å². The Balaban J connectivity index is 4.04. The second-order valence-electron chi connectivity index (χ2n) is 13.9. The first kappa shape index (κ1) is 48.0. The minimum Gasteiger partial charge on any atom is -0.387 e. The van der Waals surface area contributed by atoms with E-state index in [-0.39, 0.29) is 12.3 Å². The Hall–Kier alpha value is -1.96. The molecule has 0 saturated heterocycles. The summed E-state index contributed by atoms with van der Waals surface area (Å²) < 4.78 is 32.5. The van der Waals surface area contributed by atoms with E-state index >= 15 is 0 Å². The first-order chi connectivity index (χ1) is 24.3. The maximum atomic E-state index is 12.5. The molecular weight excluding hydrogens is 643 g/mol. The molecule has 1 amide bonds. The summed E-state index contributed by atoms with van der Waals surface area (Å²) in [6, 6.07) is -1.09. The number of rotatable bonds is 36. The fraction of sp³-hybridized carbons (Fsp3) is 0.744. The van der Waals surface area contributed by atoms with Gasteiger partial charge in [0.2, 0.25) is 5.91 Å². The Kier molecular flexibility index (Phi) is 35.4. The lowest BCUT2D eigenvalue weighted by atomic mass is 10.1. The molecule has 7 heteroatoms. The molecule has 0 aliphatic heterocycles. The van der Waals surface area contributed by atoms with E-state index in [2.05, 4.69) is 67.8 Å². The Bertz CT molecular complexity index is 1010. The van der Waals surface area contributed by atoms with Gasteiger partial charge in [-0.2, -0.15) is 8.42 Å².